The van der Waals surface area contributed by atoms with Crippen LogP contribution in [-0.4, -0.2) is 52.1 Å². The second kappa shape index (κ2) is 8.48. The van der Waals surface area contributed by atoms with Crippen LogP contribution in [0.15, 0.2) is 36.7 Å². The molecule has 2 heterocycles. The first-order chi connectivity index (χ1) is 14.6. The molecule has 1 aromatic carbocycles. The maximum absolute atomic E-state index is 10.8. The summed E-state index contributed by atoms with van der Waals surface area (Å²) in [4.78, 5) is 15.6. The number of ether oxygens (including phenoxy) is 2. The highest BCUT2D eigenvalue weighted by Gasteiger charge is 2.22. The lowest BCUT2D eigenvalue weighted by molar-refractivity contribution is 0.185. The van der Waals surface area contributed by atoms with Gasteiger partial charge >= 0.3 is 6.09 Å². The zero-order valence-electron chi connectivity index (χ0n) is 17.0. The first kappa shape index (κ1) is 19.8. The normalized spacial score (nSPS) is 18.7. The van der Waals surface area contributed by atoms with Gasteiger partial charge in [-0.2, -0.15) is 5.10 Å². The van der Waals surface area contributed by atoms with Crippen LogP contribution in [0.3, 0.4) is 0 Å². The fourth-order valence-corrected chi connectivity index (χ4v) is 3.92. The van der Waals surface area contributed by atoms with Crippen molar-refractivity contribution >= 4 is 17.6 Å². The summed E-state index contributed by atoms with van der Waals surface area (Å²) in [7, 11) is 3.22. The molecule has 1 aliphatic rings. The summed E-state index contributed by atoms with van der Waals surface area (Å²) in [5, 5.41) is 19.3. The van der Waals surface area contributed by atoms with Crippen molar-refractivity contribution in [3.05, 3.63) is 36.7 Å². The number of benzene rings is 1. The Kier molecular flexibility index (Phi) is 5.60. The number of anilines is 1. The van der Waals surface area contributed by atoms with E-state index in [9.17, 15) is 4.79 Å². The summed E-state index contributed by atoms with van der Waals surface area (Å²) in [5.74, 6) is 2.09. The van der Waals surface area contributed by atoms with Gasteiger partial charge in [-0.05, 0) is 49.4 Å². The Bertz CT molecular complexity index is 1040. The van der Waals surface area contributed by atoms with E-state index in [2.05, 4.69) is 15.7 Å². The van der Waals surface area contributed by atoms with Crippen LogP contribution in [0.2, 0.25) is 0 Å². The maximum atomic E-state index is 10.8. The molecule has 3 N–H and O–H groups in total. The highest BCUT2D eigenvalue weighted by molar-refractivity contribution is 5.79. The molecule has 4 rings (SSSR count). The van der Waals surface area contributed by atoms with E-state index in [1.165, 1.54) is 0 Å². The SMILES string of the molecule is COc1ccc(-c2cnn3ccc(NC4CCC(NC(=O)O)CC4)nc23)cc1OC. The number of amides is 1. The predicted octanol–water partition coefficient (Wildman–Crippen LogP) is 3.40. The van der Waals surface area contributed by atoms with Gasteiger partial charge in [0.15, 0.2) is 17.1 Å². The zero-order valence-corrected chi connectivity index (χ0v) is 17.0. The lowest BCUT2D eigenvalue weighted by Gasteiger charge is -2.29. The molecule has 2 aromatic heterocycles. The maximum Gasteiger partial charge on any atom is 0.404 e. The van der Waals surface area contributed by atoms with Crippen molar-refractivity contribution in [2.24, 2.45) is 0 Å². The van der Waals surface area contributed by atoms with E-state index in [0.717, 1.165) is 48.3 Å². The summed E-state index contributed by atoms with van der Waals surface area (Å²) in [5.41, 5.74) is 2.58. The minimum atomic E-state index is -0.957. The van der Waals surface area contributed by atoms with Crippen molar-refractivity contribution in [2.45, 2.75) is 37.8 Å². The quantitative estimate of drug-likeness (QED) is 0.570. The van der Waals surface area contributed by atoms with Gasteiger partial charge in [0, 0.05) is 23.8 Å². The molecule has 0 spiro atoms. The predicted molar refractivity (Wildman–Crippen MR) is 112 cm³/mol. The van der Waals surface area contributed by atoms with Gasteiger partial charge in [-0.3, -0.25) is 0 Å². The van der Waals surface area contributed by atoms with Gasteiger partial charge in [0.2, 0.25) is 0 Å². The average Bonchev–Trinajstić information content (AvgIpc) is 3.17. The number of nitrogens with one attached hydrogen (secondary N) is 2. The molecule has 0 radical (unpaired) electrons. The van der Waals surface area contributed by atoms with Crippen LogP contribution in [0.4, 0.5) is 10.6 Å². The third kappa shape index (κ3) is 4.10. The van der Waals surface area contributed by atoms with Crippen LogP contribution in [0.5, 0.6) is 11.5 Å². The number of hydrogen-bond donors (Lipinski definition) is 3. The molecule has 0 bridgehead atoms. The fourth-order valence-electron chi connectivity index (χ4n) is 3.92. The largest absolute Gasteiger partial charge is 0.493 e. The Hall–Kier alpha value is -3.49. The monoisotopic (exact) mass is 411 g/mol. The molecule has 1 amide bonds. The zero-order chi connectivity index (χ0) is 21.1. The van der Waals surface area contributed by atoms with E-state index < -0.39 is 6.09 Å². The Balaban J connectivity index is 1.53. The minimum absolute atomic E-state index is 0.0301. The molecular formula is C21H25N5O4. The Morgan fingerprint density at radius 1 is 1.10 bits per heavy atom. The van der Waals surface area contributed by atoms with Crippen molar-refractivity contribution in [3.63, 3.8) is 0 Å². The van der Waals surface area contributed by atoms with Crippen molar-refractivity contribution < 1.29 is 19.4 Å². The lowest BCUT2D eigenvalue weighted by Crippen LogP contribution is -2.39. The highest BCUT2D eigenvalue weighted by Crippen LogP contribution is 2.33. The summed E-state index contributed by atoms with van der Waals surface area (Å²) in [6.07, 6.45) is 6.12. The molecule has 30 heavy (non-hydrogen) atoms. The molecule has 1 fully saturated rings. The Morgan fingerprint density at radius 2 is 1.83 bits per heavy atom. The highest BCUT2D eigenvalue weighted by atomic mass is 16.5. The first-order valence-electron chi connectivity index (χ1n) is 9.90. The van der Waals surface area contributed by atoms with Crippen LogP contribution >= 0.6 is 0 Å². The number of carbonyl (C=O) groups is 1. The van der Waals surface area contributed by atoms with E-state index in [1.807, 2.05) is 30.5 Å². The molecule has 0 atom stereocenters. The summed E-state index contributed by atoms with van der Waals surface area (Å²) >= 11 is 0. The van der Waals surface area contributed by atoms with E-state index in [-0.39, 0.29) is 12.1 Å². The van der Waals surface area contributed by atoms with Gasteiger partial charge in [0.05, 0.1) is 20.4 Å². The van der Waals surface area contributed by atoms with Gasteiger partial charge < -0.3 is 25.2 Å². The third-order valence-corrected chi connectivity index (χ3v) is 5.47. The first-order valence-corrected chi connectivity index (χ1v) is 9.90. The van der Waals surface area contributed by atoms with Crippen molar-refractivity contribution in [2.75, 3.05) is 19.5 Å². The molecule has 1 saturated carbocycles. The average molecular weight is 411 g/mol. The second-order valence-electron chi connectivity index (χ2n) is 7.35. The van der Waals surface area contributed by atoms with Crippen LogP contribution in [0.25, 0.3) is 16.8 Å². The molecular weight excluding hydrogens is 386 g/mol. The standard InChI is InChI=1S/C21H25N5O4/c1-29-17-8-3-13(11-18(17)30-2)16-12-22-26-10-9-19(25-20(16)26)23-14-4-6-15(7-5-14)24-21(27)28/h3,8-12,14-15,24H,4-7H2,1-2H3,(H,23,25)(H,27,28). The summed E-state index contributed by atoms with van der Waals surface area (Å²) in [6, 6.07) is 7.93. The van der Waals surface area contributed by atoms with Crippen LogP contribution < -0.4 is 20.1 Å². The van der Waals surface area contributed by atoms with Crippen LogP contribution in [0, 0.1) is 0 Å². The molecule has 0 unspecified atom stereocenters. The second-order valence-corrected chi connectivity index (χ2v) is 7.35. The van der Waals surface area contributed by atoms with Crippen molar-refractivity contribution in [1.82, 2.24) is 19.9 Å². The molecule has 9 nitrogen and oxygen atoms in total. The molecule has 9 heteroatoms. The van der Waals surface area contributed by atoms with Crippen molar-refractivity contribution in [3.8, 4) is 22.6 Å². The molecule has 3 aromatic rings. The van der Waals surface area contributed by atoms with Gasteiger partial charge in [-0.25, -0.2) is 14.3 Å². The summed E-state index contributed by atoms with van der Waals surface area (Å²) < 4.78 is 12.5. The third-order valence-electron chi connectivity index (χ3n) is 5.47. The minimum Gasteiger partial charge on any atom is -0.493 e. The van der Waals surface area contributed by atoms with Crippen molar-refractivity contribution in [1.29, 1.82) is 0 Å². The van der Waals surface area contributed by atoms with E-state index in [0.29, 0.717) is 11.5 Å². The number of rotatable bonds is 6. The molecule has 0 aliphatic heterocycles. The number of aromatic nitrogens is 3. The number of hydrogen-bond acceptors (Lipinski definition) is 6. The van der Waals surface area contributed by atoms with E-state index in [4.69, 9.17) is 19.6 Å². The Morgan fingerprint density at radius 3 is 2.53 bits per heavy atom. The smallest absolute Gasteiger partial charge is 0.404 e. The number of fused-ring (bicyclic) bond motifs is 1. The Labute approximate surface area is 174 Å². The molecule has 0 saturated heterocycles. The molecule has 1 aliphatic carbocycles. The van der Waals surface area contributed by atoms with Crippen LogP contribution in [-0.2, 0) is 0 Å². The number of methoxy groups -OCH3 is 2. The number of carboxylic acid groups (broad SMARTS) is 1. The van der Waals surface area contributed by atoms with Gasteiger partial charge in [-0.1, -0.05) is 6.07 Å². The number of nitrogens with zero attached hydrogens (tertiary/aromatic N) is 3. The van der Waals surface area contributed by atoms with Gasteiger partial charge in [0.1, 0.15) is 5.82 Å². The fraction of sp³-hybridized carbons (Fsp3) is 0.381. The van der Waals surface area contributed by atoms with Gasteiger partial charge in [0.25, 0.3) is 0 Å². The summed E-state index contributed by atoms with van der Waals surface area (Å²) in [6.45, 7) is 0. The topological polar surface area (TPSA) is 110 Å². The molecule has 158 valence electrons. The van der Waals surface area contributed by atoms with E-state index >= 15 is 0 Å². The van der Waals surface area contributed by atoms with Gasteiger partial charge in [-0.15, -0.1) is 0 Å². The van der Waals surface area contributed by atoms with E-state index in [1.54, 1.807) is 24.9 Å². The van der Waals surface area contributed by atoms with Crippen LogP contribution in [0.1, 0.15) is 25.7 Å². The lowest BCUT2D eigenvalue weighted by atomic mass is 9.91.